The van der Waals surface area contributed by atoms with E-state index in [1.54, 1.807) is 23.6 Å². The summed E-state index contributed by atoms with van der Waals surface area (Å²) in [6, 6.07) is 8.14. The summed E-state index contributed by atoms with van der Waals surface area (Å²) in [6.45, 7) is 5.58. The van der Waals surface area contributed by atoms with Gasteiger partial charge in [-0.2, -0.15) is 5.26 Å². The van der Waals surface area contributed by atoms with Crippen LogP contribution in [0.15, 0.2) is 29.4 Å². The van der Waals surface area contributed by atoms with Gasteiger partial charge in [0, 0.05) is 12.1 Å². The lowest BCUT2D eigenvalue weighted by Crippen LogP contribution is -2.18. The zero-order valence-corrected chi connectivity index (χ0v) is 16.5. The van der Waals surface area contributed by atoms with Gasteiger partial charge in [-0.25, -0.2) is 9.37 Å². The van der Waals surface area contributed by atoms with Crippen molar-refractivity contribution in [3.05, 3.63) is 52.7 Å². The number of nitrogens with zero attached hydrogens (tertiary/aromatic N) is 4. The Hall–Kier alpha value is -3.12. The number of halogens is 1. The minimum atomic E-state index is -0.397. The van der Waals surface area contributed by atoms with Gasteiger partial charge in [-0.3, -0.25) is 14.5 Å². The van der Waals surface area contributed by atoms with Gasteiger partial charge in [0.25, 0.3) is 0 Å². The number of rotatable bonds is 6. The van der Waals surface area contributed by atoms with Crippen molar-refractivity contribution in [1.29, 1.82) is 5.26 Å². The Balaban J connectivity index is 1.87. The number of aromatic nitrogens is 4. The summed E-state index contributed by atoms with van der Waals surface area (Å²) < 4.78 is 15.4. The van der Waals surface area contributed by atoms with Crippen LogP contribution in [0.2, 0.25) is 0 Å². The lowest BCUT2D eigenvalue weighted by molar-refractivity contribution is -0.113. The number of hydrogen-bond donors (Lipinski definition) is 2. The molecule has 2 N–H and O–H groups in total. The van der Waals surface area contributed by atoms with Crippen LogP contribution in [0.5, 0.6) is 0 Å². The Labute approximate surface area is 166 Å². The number of nitriles is 1. The summed E-state index contributed by atoms with van der Waals surface area (Å²) >= 11 is 1.19. The normalized spacial score (nSPS) is 10.7. The third-order valence-electron chi connectivity index (χ3n) is 4.33. The van der Waals surface area contributed by atoms with Gasteiger partial charge >= 0.3 is 0 Å². The summed E-state index contributed by atoms with van der Waals surface area (Å²) in [5.41, 5.74) is 2.38. The molecule has 28 heavy (non-hydrogen) atoms. The number of thioether (sulfide) groups is 1. The first kappa shape index (κ1) is 19.6. The van der Waals surface area contributed by atoms with Crippen LogP contribution in [0.1, 0.15) is 29.6 Å². The summed E-state index contributed by atoms with van der Waals surface area (Å²) in [6.07, 6.45) is 0.727. The van der Waals surface area contributed by atoms with Gasteiger partial charge in [-0.15, -0.1) is 5.10 Å². The number of carbonyl (C=O) groups excluding carboxylic acids is 1. The second-order valence-corrected chi connectivity index (χ2v) is 7.06. The van der Waals surface area contributed by atoms with E-state index in [-0.39, 0.29) is 11.7 Å². The highest BCUT2D eigenvalue weighted by molar-refractivity contribution is 7.99. The average Bonchev–Trinajstić information content (AvgIpc) is 3.23. The van der Waals surface area contributed by atoms with Gasteiger partial charge in [-0.1, -0.05) is 24.8 Å². The first-order valence-electron chi connectivity index (χ1n) is 8.66. The molecule has 0 fully saturated rings. The molecule has 0 aliphatic heterocycles. The zero-order valence-electron chi connectivity index (χ0n) is 15.7. The van der Waals surface area contributed by atoms with Crippen LogP contribution in [0.4, 0.5) is 10.2 Å². The van der Waals surface area contributed by atoms with Gasteiger partial charge in [-0.05, 0) is 37.6 Å². The molecule has 1 amide bonds. The van der Waals surface area contributed by atoms with E-state index in [0.717, 1.165) is 23.5 Å². The van der Waals surface area contributed by atoms with Crippen molar-refractivity contribution in [3.63, 3.8) is 0 Å². The highest BCUT2D eigenvalue weighted by Gasteiger charge is 2.21. The molecule has 2 heterocycles. The highest BCUT2D eigenvalue weighted by Crippen LogP contribution is 2.30. The van der Waals surface area contributed by atoms with Crippen LogP contribution < -0.4 is 5.32 Å². The minimum absolute atomic E-state index is 0.0816. The molecule has 3 rings (SSSR count). The van der Waals surface area contributed by atoms with Crippen molar-refractivity contribution in [2.45, 2.75) is 32.3 Å². The molecule has 2 aromatic heterocycles. The average molecular weight is 398 g/mol. The van der Waals surface area contributed by atoms with Gasteiger partial charge in [0.1, 0.15) is 23.5 Å². The lowest BCUT2D eigenvalue weighted by atomic mass is 10.2. The second kappa shape index (κ2) is 8.27. The molecule has 1 aromatic carbocycles. The largest absolute Gasteiger partial charge is 0.310 e. The van der Waals surface area contributed by atoms with Gasteiger partial charge in [0.05, 0.1) is 17.0 Å². The Morgan fingerprint density at radius 2 is 2.21 bits per heavy atom. The van der Waals surface area contributed by atoms with Crippen LogP contribution >= 0.6 is 11.8 Å². The van der Waals surface area contributed by atoms with E-state index in [9.17, 15) is 14.4 Å². The van der Waals surface area contributed by atoms with E-state index in [0.29, 0.717) is 22.2 Å². The molecule has 3 aromatic rings. The van der Waals surface area contributed by atoms with Crippen LogP contribution in [0, 0.1) is 31.0 Å². The molecule has 0 unspecified atom stereocenters. The fourth-order valence-electron chi connectivity index (χ4n) is 2.80. The SMILES string of the molecule is CCc1nc(SCC(=O)Nc2c(C#N)c(C)c(C)n2-c2cccc(F)c2)n[nH]1. The van der Waals surface area contributed by atoms with E-state index >= 15 is 0 Å². The predicted molar refractivity (Wildman–Crippen MR) is 105 cm³/mol. The van der Waals surface area contributed by atoms with Crippen molar-refractivity contribution in [3.8, 4) is 11.8 Å². The molecule has 0 bridgehead atoms. The second-order valence-electron chi connectivity index (χ2n) is 6.12. The number of anilines is 1. The van der Waals surface area contributed by atoms with Crippen LogP contribution in [0.25, 0.3) is 5.69 Å². The maximum absolute atomic E-state index is 13.7. The maximum Gasteiger partial charge on any atom is 0.236 e. The van der Waals surface area contributed by atoms with Crippen LogP contribution in [0.3, 0.4) is 0 Å². The van der Waals surface area contributed by atoms with Crippen molar-refractivity contribution in [2.75, 3.05) is 11.1 Å². The number of nitrogens with one attached hydrogen (secondary N) is 2. The van der Waals surface area contributed by atoms with E-state index in [2.05, 4.69) is 26.6 Å². The standard InChI is InChI=1S/C19H19FN6OS/c1-4-16-22-19(25-24-16)28-10-17(27)23-18-15(9-21)11(2)12(3)26(18)14-7-5-6-13(20)8-14/h5-8H,4,10H2,1-3H3,(H,23,27)(H,22,24,25). The lowest BCUT2D eigenvalue weighted by Gasteiger charge is -2.13. The summed E-state index contributed by atoms with van der Waals surface area (Å²) in [7, 11) is 0. The summed E-state index contributed by atoms with van der Waals surface area (Å²) in [4.78, 5) is 16.8. The van der Waals surface area contributed by atoms with Gasteiger partial charge in [0.2, 0.25) is 11.1 Å². The van der Waals surface area contributed by atoms with E-state index in [1.165, 1.54) is 23.9 Å². The van der Waals surface area contributed by atoms with E-state index < -0.39 is 5.82 Å². The fourth-order valence-corrected chi connectivity index (χ4v) is 3.41. The van der Waals surface area contributed by atoms with Crippen molar-refractivity contribution >= 4 is 23.5 Å². The van der Waals surface area contributed by atoms with E-state index in [1.807, 2.05) is 13.8 Å². The molecule has 0 spiro atoms. The Morgan fingerprint density at radius 3 is 2.86 bits per heavy atom. The molecular formula is C19H19FN6OS. The maximum atomic E-state index is 13.7. The van der Waals surface area contributed by atoms with Crippen LogP contribution in [-0.4, -0.2) is 31.4 Å². The van der Waals surface area contributed by atoms with Crippen LogP contribution in [-0.2, 0) is 11.2 Å². The predicted octanol–water partition coefficient (Wildman–Crippen LogP) is 3.52. The van der Waals surface area contributed by atoms with E-state index in [4.69, 9.17) is 0 Å². The number of aryl methyl sites for hydroxylation is 1. The third kappa shape index (κ3) is 3.92. The molecular weight excluding hydrogens is 379 g/mol. The molecule has 7 nitrogen and oxygen atoms in total. The smallest absolute Gasteiger partial charge is 0.236 e. The molecule has 0 radical (unpaired) electrons. The first-order chi connectivity index (χ1) is 13.4. The molecule has 0 saturated heterocycles. The minimum Gasteiger partial charge on any atom is -0.310 e. The summed E-state index contributed by atoms with van der Waals surface area (Å²) in [5.74, 6) is 0.461. The number of H-pyrrole nitrogens is 1. The molecule has 0 saturated carbocycles. The Kier molecular flexibility index (Phi) is 5.80. The molecule has 0 aliphatic carbocycles. The zero-order chi connectivity index (χ0) is 20.3. The Bertz CT molecular complexity index is 1070. The Morgan fingerprint density at radius 1 is 1.43 bits per heavy atom. The topological polar surface area (TPSA) is 99.4 Å². The molecule has 0 aliphatic rings. The van der Waals surface area contributed by atoms with Crippen molar-refractivity contribution in [2.24, 2.45) is 0 Å². The molecule has 144 valence electrons. The monoisotopic (exact) mass is 398 g/mol. The first-order valence-corrected chi connectivity index (χ1v) is 9.65. The number of amides is 1. The number of benzene rings is 1. The third-order valence-corrected chi connectivity index (χ3v) is 5.18. The quantitative estimate of drug-likeness (QED) is 0.619. The van der Waals surface area contributed by atoms with Gasteiger partial charge < -0.3 is 5.32 Å². The van der Waals surface area contributed by atoms with Crippen molar-refractivity contribution < 1.29 is 9.18 Å². The molecule has 9 heteroatoms. The highest BCUT2D eigenvalue weighted by atomic mass is 32.2. The number of carbonyl (C=O) groups is 1. The fraction of sp³-hybridized carbons (Fsp3) is 0.263. The molecule has 0 atom stereocenters. The number of aromatic amines is 1. The van der Waals surface area contributed by atoms with Crippen molar-refractivity contribution in [1.82, 2.24) is 19.7 Å². The number of hydrogen-bond acceptors (Lipinski definition) is 5. The van der Waals surface area contributed by atoms with Gasteiger partial charge in [0.15, 0.2) is 0 Å². The summed E-state index contributed by atoms with van der Waals surface area (Å²) in [5, 5.41) is 19.7.